The molecule has 0 bridgehead atoms. The van der Waals surface area contributed by atoms with Crippen molar-refractivity contribution < 1.29 is 4.79 Å². The van der Waals surface area contributed by atoms with Gasteiger partial charge in [-0.25, -0.2) is 0 Å². The minimum atomic E-state index is 0.151. The highest BCUT2D eigenvalue weighted by Crippen LogP contribution is 2.27. The minimum absolute atomic E-state index is 0.151. The number of hydrogen-bond acceptors (Lipinski definition) is 3. The van der Waals surface area contributed by atoms with Gasteiger partial charge in [-0.2, -0.15) is 0 Å². The van der Waals surface area contributed by atoms with Gasteiger partial charge in [0.05, 0.1) is 5.69 Å². The van der Waals surface area contributed by atoms with Crippen molar-refractivity contribution in [3.8, 4) is 0 Å². The van der Waals surface area contributed by atoms with Gasteiger partial charge in [0.1, 0.15) is 5.78 Å². The molecule has 0 heterocycles. The van der Waals surface area contributed by atoms with Crippen molar-refractivity contribution in [1.82, 2.24) is 0 Å². The first-order valence-corrected chi connectivity index (χ1v) is 6.02. The van der Waals surface area contributed by atoms with Gasteiger partial charge in [0.25, 0.3) is 0 Å². The van der Waals surface area contributed by atoms with Gasteiger partial charge in [0.2, 0.25) is 0 Å². The van der Waals surface area contributed by atoms with E-state index < -0.39 is 0 Å². The standard InChI is InChI=1S/C12H15NOS/c1-9(8-10(2)14)13-11-6-4-5-7-12(11)15-3/h4-7H,8H2,1-3H3. The van der Waals surface area contributed by atoms with E-state index >= 15 is 0 Å². The van der Waals surface area contributed by atoms with Crippen molar-refractivity contribution in [1.29, 1.82) is 0 Å². The Hall–Kier alpha value is -1.09. The number of carbonyl (C=O) groups excluding carboxylic acids is 1. The normalized spacial score (nSPS) is 11.5. The van der Waals surface area contributed by atoms with Crippen LogP contribution in [0.15, 0.2) is 34.2 Å². The maximum absolute atomic E-state index is 10.9. The Morgan fingerprint density at radius 3 is 2.60 bits per heavy atom. The second kappa shape index (κ2) is 5.71. The number of hydrogen-bond donors (Lipinski definition) is 0. The Balaban J connectivity index is 2.91. The zero-order chi connectivity index (χ0) is 11.3. The summed E-state index contributed by atoms with van der Waals surface area (Å²) in [6, 6.07) is 7.95. The third-order valence-electron chi connectivity index (χ3n) is 1.90. The van der Waals surface area contributed by atoms with Crippen molar-refractivity contribution >= 4 is 28.9 Å². The Kier molecular flexibility index (Phi) is 4.56. The van der Waals surface area contributed by atoms with E-state index in [-0.39, 0.29) is 5.78 Å². The molecule has 80 valence electrons. The van der Waals surface area contributed by atoms with Gasteiger partial charge in [-0.15, -0.1) is 11.8 Å². The van der Waals surface area contributed by atoms with E-state index in [1.807, 2.05) is 37.4 Å². The Morgan fingerprint density at radius 2 is 2.00 bits per heavy atom. The highest BCUT2D eigenvalue weighted by molar-refractivity contribution is 7.98. The molecule has 0 N–H and O–H groups in total. The smallest absolute Gasteiger partial charge is 0.135 e. The molecule has 0 spiro atoms. The molecule has 0 amide bonds. The van der Waals surface area contributed by atoms with E-state index in [0.29, 0.717) is 6.42 Å². The van der Waals surface area contributed by atoms with E-state index in [2.05, 4.69) is 4.99 Å². The second-order valence-corrected chi connectivity index (χ2v) is 4.25. The van der Waals surface area contributed by atoms with Crippen molar-refractivity contribution in [2.45, 2.75) is 25.2 Å². The number of thioether (sulfide) groups is 1. The van der Waals surface area contributed by atoms with Crippen LogP contribution in [0.1, 0.15) is 20.3 Å². The predicted molar refractivity (Wildman–Crippen MR) is 66.3 cm³/mol. The number of rotatable bonds is 4. The number of carbonyl (C=O) groups is 1. The second-order valence-electron chi connectivity index (χ2n) is 3.40. The summed E-state index contributed by atoms with van der Waals surface area (Å²) in [5.41, 5.74) is 1.81. The first-order chi connectivity index (χ1) is 7.13. The van der Waals surface area contributed by atoms with E-state index in [0.717, 1.165) is 16.3 Å². The molecule has 0 aliphatic carbocycles. The molecule has 0 unspecified atom stereocenters. The lowest BCUT2D eigenvalue weighted by atomic mass is 10.2. The minimum Gasteiger partial charge on any atom is -0.300 e. The van der Waals surface area contributed by atoms with Crippen LogP contribution in [0.5, 0.6) is 0 Å². The van der Waals surface area contributed by atoms with Gasteiger partial charge in [-0.05, 0) is 32.2 Å². The maximum atomic E-state index is 10.9. The van der Waals surface area contributed by atoms with E-state index in [4.69, 9.17) is 0 Å². The lowest BCUT2D eigenvalue weighted by Crippen LogP contribution is -1.99. The van der Waals surface area contributed by atoms with Crippen LogP contribution < -0.4 is 0 Å². The van der Waals surface area contributed by atoms with Crippen LogP contribution in [-0.2, 0) is 4.79 Å². The summed E-state index contributed by atoms with van der Waals surface area (Å²) in [5.74, 6) is 0.151. The highest BCUT2D eigenvalue weighted by atomic mass is 32.2. The zero-order valence-electron chi connectivity index (χ0n) is 9.28. The molecule has 1 aromatic rings. The predicted octanol–water partition coefficient (Wildman–Crippen LogP) is 3.48. The molecule has 0 radical (unpaired) electrons. The van der Waals surface area contributed by atoms with E-state index in [9.17, 15) is 4.79 Å². The van der Waals surface area contributed by atoms with Crippen molar-refractivity contribution in [2.24, 2.45) is 4.99 Å². The van der Waals surface area contributed by atoms with Crippen LogP contribution in [0.25, 0.3) is 0 Å². The number of benzene rings is 1. The third-order valence-corrected chi connectivity index (χ3v) is 2.69. The fraction of sp³-hybridized carbons (Fsp3) is 0.333. The van der Waals surface area contributed by atoms with Crippen LogP contribution >= 0.6 is 11.8 Å². The van der Waals surface area contributed by atoms with E-state index in [1.54, 1.807) is 18.7 Å². The van der Waals surface area contributed by atoms with Crippen LogP contribution in [0.4, 0.5) is 5.69 Å². The molecule has 0 aliphatic rings. The molecule has 2 nitrogen and oxygen atoms in total. The average molecular weight is 221 g/mol. The molecule has 0 saturated heterocycles. The first kappa shape index (κ1) is 12.0. The SMILES string of the molecule is CSc1ccccc1N=C(C)CC(C)=O. The average Bonchev–Trinajstić information content (AvgIpc) is 2.17. The number of aliphatic imine (C=N–C) groups is 1. The van der Waals surface area contributed by atoms with Gasteiger partial charge in [-0.1, -0.05) is 12.1 Å². The van der Waals surface area contributed by atoms with Gasteiger partial charge < -0.3 is 0 Å². The van der Waals surface area contributed by atoms with Crippen molar-refractivity contribution in [3.05, 3.63) is 24.3 Å². The van der Waals surface area contributed by atoms with Gasteiger partial charge in [-0.3, -0.25) is 9.79 Å². The summed E-state index contributed by atoms with van der Waals surface area (Å²) in [4.78, 5) is 16.5. The summed E-state index contributed by atoms with van der Waals surface area (Å²) >= 11 is 1.66. The molecule has 1 aromatic carbocycles. The number of ketones is 1. The number of para-hydroxylation sites is 1. The largest absolute Gasteiger partial charge is 0.300 e. The zero-order valence-corrected chi connectivity index (χ0v) is 10.1. The van der Waals surface area contributed by atoms with Gasteiger partial charge >= 0.3 is 0 Å². The van der Waals surface area contributed by atoms with E-state index in [1.165, 1.54) is 0 Å². The molecule has 0 atom stereocenters. The topological polar surface area (TPSA) is 29.4 Å². The lowest BCUT2D eigenvalue weighted by molar-refractivity contribution is -0.115. The summed E-state index contributed by atoms with van der Waals surface area (Å²) in [6.07, 6.45) is 2.46. The molecular formula is C12H15NOS. The van der Waals surface area contributed by atoms with Crippen LogP contribution in [0.2, 0.25) is 0 Å². The summed E-state index contributed by atoms with van der Waals surface area (Å²) in [5, 5.41) is 0. The van der Waals surface area contributed by atoms with Crippen molar-refractivity contribution in [3.63, 3.8) is 0 Å². The van der Waals surface area contributed by atoms with Crippen molar-refractivity contribution in [2.75, 3.05) is 6.26 Å². The third kappa shape index (κ3) is 3.88. The number of Topliss-reactive ketones (excluding diaryl/α,β-unsaturated/α-hetero) is 1. The molecule has 0 fully saturated rings. The molecule has 1 rings (SSSR count). The van der Waals surface area contributed by atoms with Gasteiger partial charge in [0, 0.05) is 17.0 Å². The van der Waals surface area contributed by atoms with Gasteiger partial charge in [0.15, 0.2) is 0 Å². The fourth-order valence-corrected chi connectivity index (χ4v) is 1.87. The quantitative estimate of drug-likeness (QED) is 0.575. The summed E-state index contributed by atoms with van der Waals surface area (Å²) in [7, 11) is 0. The van der Waals surface area contributed by atoms with Crippen LogP contribution in [-0.4, -0.2) is 17.8 Å². The van der Waals surface area contributed by atoms with Crippen LogP contribution in [0.3, 0.4) is 0 Å². The molecule has 0 aliphatic heterocycles. The molecule has 0 aromatic heterocycles. The van der Waals surface area contributed by atoms with Crippen LogP contribution in [0, 0.1) is 0 Å². The summed E-state index contributed by atoms with van der Waals surface area (Å²) < 4.78 is 0. The molecule has 15 heavy (non-hydrogen) atoms. The monoisotopic (exact) mass is 221 g/mol. The Morgan fingerprint density at radius 1 is 1.33 bits per heavy atom. The molecular weight excluding hydrogens is 206 g/mol. The fourth-order valence-electron chi connectivity index (χ4n) is 1.33. The lowest BCUT2D eigenvalue weighted by Gasteiger charge is -2.03. The maximum Gasteiger partial charge on any atom is 0.135 e. The molecule has 3 heteroatoms. The number of nitrogens with zero attached hydrogens (tertiary/aromatic N) is 1. The molecule has 0 saturated carbocycles. The first-order valence-electron chi connectivity index (χ1n) is 4.80. The highest BCUT2D eigenvalue weighted by Gasteiger charge is 2.01. The summed E-state index contributed by atoms with van der Waals surface area (Å²) in [6.45, 7) is 3.47. The Bertz CT molecular complexity index is 385. The Labute approximate surface area is 94.8 Å².